The number of halogens is 1. The van der Waals surface area contributed by atoms with Crippen molar-refractivity contribution in [2.75, 3.05) is 31.1 Å². The lowest BCUT2D eigenvalue weighted by atomic mass is 9.57. The van der Waals surface area contributed by atoms with E-state index in [9.17, 15) is 0 Å². The van der Waals surface area contributed by atoms with E-state index in [0.717, 1.165) is 45.0 Å². The Labute approximate surface area is 186 Å². The van der Waals surface area contributed by atoms with Gasteiger partial charge in [-0.2, -0.15) is 0 Å². The average molecular weight is 498 g/mol. The van der Waals surface area contributed by atoms with Gasteiger partial charge in [-0.05, 0) is 38.8 Å². The third-order valence-electron chi connectivity index (χ3n) is 6.64. The molecule has 1 saturated carbocycles. The van der Waals surface area contributed by atoms with Gasteiger partial charge in [0.25, 0.3) is 0 Å². The molecule has 28 heavy (non-hydrogen) atoms. The fraction of sp³-hybridized carbons (Fsp3) is 0.682. The number of hydrogen-bond acceptors (Lipinski definition) is 3. The molecule has 3 fully saturated rings. The smallest absolute Gasteiger partial charge is 0.191 e. The summed E-state index contributed by atoms with van der Waals surface area (Å²) in [4.78, 5) is 7.20. The SMILES string of the molecule is CCN=C(NC1CCN(c2ccc(C)cc2)C1)NC1C2CCOC2C1(C)C.I. The molecule has 3 aliphatic rings. The lowest BCUT2D eigenvalue weighted by Crippen LogP contribution is -2.68. The average Bonchev–Trinajstić information content (AvgIpc) is 3.29. The maximum atomic E-state index is 5.94. The van der Waals surface area contributed by atoms with Gasteiger partial charge in [0.05, 0.1) is 6.10 Å². The number of aryl methyl sites for hydroxylation is 1. The molecular weight excluding hydrogens is 463 g/mol. The molecule has 1 aromatic rings. The summed E-state index contributed by atoms with van der Waals surface area (Å²) in [5.74, 6) is 1.59. The number of guanidine groups is 1. The second-order valence-electron chi connectivity index (χ2n) is 8.92. The maximum Gasteiger partial charge on any atom is 0.191 e. The van der Waals surface area contributed by atoms with Crippen LogP contribution in [0.2, 0.25) is 0 Å². The molecule has 1 aromatic carbocycles. The molecule has 156 valence electrons. The standard InChI is InChI=1S/C22H34N4O.HI/c1-5-23-21(25-19-18-11-13-27-20(18)22(19,3)4)24-16-10-12-26(14-16)17-8-6-15(2)7-9-17;/h6-9,16,18-20H,5,10-14H2,1-4H3,(H2,23,24,25);1H. The molecule has 0 radical (unpaired) electrons. The molecule has 4 atom stereocenters. The van der Waals surface area contributed by atoms with Crippen LogP contribution >= 0.6 is 24.0 Å². The summed E-state index contributed by atoms with van der Waals surface area (Å²) < 4.78 is 5.94. The monoisotopic (exact) mass is 498 g/mol. The van der Waals surface area contributed by atoms with Gasteiger partial charge in [0.1, 0.15) is 0 Å². The van der Waals surface area contributed by atoms with Crippen molar-refractivity contribution in [3.8, 4) is 0 Å². The molecular formula is C22H35IN4O. The summed E-state index contributed by atoms with van der Waals surface area (Å²) in [5, 5.41) is 7.45. The molecule has 4 unspecified atom stereocenters. The zero-order valence-corrected chi connectivity index (χ0v) is 19.9. The van der Waals surface area contributed by atoms with Crippen LogP contribution in [-0.2, 0) is 4.74 Å². The third kappa shape index (κ3) is 4.13. The van der Waals surface area contributed by atoms with Gasteiger partial charge in [-0.1, -0.05) is 31.5 Å². The highest BCUT2D eigenvalue weighted by molar-refractivity contribution is 14.0. The van der Waals surface area contributed by atoms with E-state index in [-0.39, 0.29) is 29.4 Å². The first-order valence-electron chi connectivity index (χ1n) is 10.5. The summed E-state index contributed by atoms with van der Waals surface area (Å²) in [5.41, 5.74) is 2.80. The molecule has 2 saturated heterocycles. The van der Waals surface area contributed by atoms with E-state index < -0.39 is 0 Å². The highest BCUT2D eigenvalue weighted by Gasteiger charge is 2.59. The second kappa shape index (κ2) is 8.78. The van der Waals surface area contributed by atoms with E-state index in [2.05, 4.69) is 67.5 Å². The summed E-state index contributed by atoms with van der Waals surface area (Å²) in [6, 6.07) is 9.73. The van der Waals surface area contributed by atoms with Crippen LogP contribution in [0, 0.1) is 18.3 Å². The molecule has 0 amide bonds. The maximum absolute atomic E-state index is 5.94. The molecule has 5 nitrogen and oxygen atoms in total. The largest absolute Gasteiger partial charge is 0.377 e. The van der Waals surface area contributed by atoms with E-state index in [1.165, 1.54) is 11.3 Å². The summed E-state index contributed by atoms with van der Waals surface area (Å²) in [6.07, 6.45) is 2.71. The van der Waals surface area contributed by atoms with E-state index in [1.54, 1.807) is 0 Å². The van der Waals surface area contributed by atoms with Gasteiger partial charge in [-0.3, -0.25) is 4.99 Å². The first-order valence-corrected chi connectivity index (χ1v) is 10.5. The van der Waals surface area contributed by atoms with Crippen LogP contribution in [0.3, 0.4) is 0 Å². The summed E-state index contributed by atoms with van der Waals surface area (Å²) >= 11 is 0. The van der Waals surface area contributed by atoms with Crippen LogP contribution in [0.15, 0.2) is 29.3 Å². The van der Waals surface area contributed by atoms with E-state index in [0.29, 0.717) is 24.1 Å². The number of anilines is 1. The van der Waals surface area contributed by atoms with Crippen molar-refractivity contribution in [3.05, 3.63) is 29.8 Å². The van der Waals surface area contributed by atoms with Gasteiger partial charge < -0.3 is 20.3 Å². The second-order valence-corrected chi connectivity index (χ2v) is 8.92. The number of fused-ring (bicyclic) bond motifs is 1. The van der Waals surface area contributed by atoms with Gasteiger partial charge >= 0.3 is 0 Å². The van der Waals surface area contributed by atoms with Gasteiger partial charge in [0.2, 0.25) is 0 Å². The Kier molecular flexibility index (Phi) is 6.80. The molecule has 6 heteroatoms. The lowest BCUT2D eigenvalue weighted by molar-refractivity contribution is -0.106. The quantitative estimate of drug-likeness (QED) is 0.379. The number of aliphatic imine (C=N–C) groups is 1. The van der Waals surface area contributed by atoms with Gasteiger partial charge in [0.15, 0.2) is 5.96 Å². The molecule has 4 rings (SSSR count). The van der Waals surface area contributed by atoms with Crippen LogP contribution < -0.4 is 15.5 Å². The minimum absolute atomic E-state index is 0. The predicted octanol–water partition coefficient (Wildman–Crippen LogP) is 3.56. The zero-order chi connectivity index (χ0) is 19.0. The topological polar surface area (TPSA) is 48.9 Å². The number of nitrogens with zero attached hydrogens (tertiary/aromatic N) is 2. The number of benzene rings is 1. The summed E-state index contributed by atoms with van der Waals surface area (Å²) in [7, 11) is 0. The van der Waals surface area contributed by atoms with E-state index in [1.807, 2.05) is 0 Å². The van der Waals surface area contributed by atoms with Gasteiger partial charge in [0, 0.05) is 55.3 Å². The number of rotatable bonds is 4. The first-order chi connectivity index (χ1) is 13.0. The number of nitrogens with one attached hydrogen (secondary N) is 2. The molecule has 2 heterocycles. The number of hydrogen-bond donors (Lipinski definition) is 2. The van der Waals surface area contributed by atoms with Crippen molar-refractivity contribution in [3.63, 3.8) is 0 Å². The molecule has 0 spiro atoms. The van der Waals surface area contributed by atoms with Crippen molar-refractivity contribution < 1.29 is 4.74 Å². The van der Waals surface area contributed by atoms with Crippen molar-refractivity contribution in [2.45, 2.75) is 58.7 Å². The van der Waals surface area contributed by atoms with E-state index in [4.69, 9.17) is 9.73 Å². The van der Waals surface area contributed by atoms with Crippen molar-refractivity contribution >= 4 is 35.6 Å². The first kappa shape index (κ1) is 21.7. The van der Waals surface area contributed by atoms with Crippen molar-refractivity contribution in [2.24, 2.45) is 16.3 Å². The highest BCUT2D eigenvalue weighted by Crippen LogP contribution is 2.52. The minimum Gasteiger partial charge on any atom is -0.377 e. The Balaban J connectivity index is 0.00000225. The van der Waals surface area contributed by atoms with Crippen LogP contribution in [0.1, 0.15) is 39.2 Å². The van der Waals surface area contributed by atoms with Crippen LogP contribution in [0.5, 0.6) is 0 Å². The molecule has 2 aliphatic heterocycles. The van der Waals surface area contributed by atoms with Crippen LogP contribution in [-0.4, -0.2) is 50.4 Å². The third-order valence-corrected chi connectivity index (χ3v) is 6.64. The molecule has 1 aliphatic carbocycles. The zero-order valence-electron chi connectivity index (χ0n) is 17.6. The Hall–Kier alpha value is -1.02. The lowest BCUT2D eigenvalue weighted by Gasteiger charge is -2.55. The van der Waals surface area contributed by atoms with Crippen molar-refractivity contribution in [1.82, 2.24) is 10.6 Å². The molecule has 0 bridgehead atoms. The van der Waals surface area contributed by atoms with E-state index >= 15 is 0 Å². The fourth-order valence-corrected chi connectivity index (χ4v) is 5.12. The summed E-state index contributed by atoms with van der Waals surface area (Å²) in [6.45, 7) is 12.7. The fourth-order valence-electron chi connectivity index (χ4n) is 5.12. The predicted molar refractivity (Wildman–Crippen MR) is 127 cm³/mol. The molecule has 0 aromatic heterocycles. The highest BCUT2D eigenvalue weighted by atomic mass is 127. The normalized spacial score (nSPS) is 31.0. The Morgan fingerprint density at radius 1 is 1.21 bits per heavy atom. The minimum atomic E-state index is 0. The molecule has 2 N–H and O–H groups in total. The number of ether oxygens (including phenoxy) is 1. The van der Waals surface area contributed by atoms with Crippen LogP contribution in [0.25, 0.3) is 0 Å². The Morgan fingerprint density at radius 2 is 1.96 bits per heavy atom. The van der Waals surface area contributed by atoms with Crippen molar-refractivity contribution in [1.29, 1.82) is 0 Å². The van der Waals surface area contributed by atoms with Crippen LogP contribution in [0.4, 0.5) is 5.69 Å². The Bertz CT molecular complexity index is 690. The van der Waals surface area contributed by atoms with Gasteiger partial charge in [-0.15, -0.1) is 24.0 Å². The Morgan fingerprint density at radius 3 is 2.68 bits per heavy atom. The van der Waals surface area contributed by atoms with Gasteiger partial charge in [-0.25, -0.2) is 0 Å².